The van der Waals surface area contributed by atoms with Gasteiger partial charge in [-0.3, -0.25) is 0 Å². The summed E-state index contributed by atoms with van der Waals surface area (Å²) in [5.74, 6) is 0.792. The molecule has 0 saturated heterocycles. The van der Waals surface area contributed by atoms with Crippen LogP contribution < -0.4 is 0 Å². The first-order valence-electron chi connectivity index (χ1n) is 1.92. The lowest BCUT2D eigenvalue weighted by Gasteiger charge is -1.65. The second-order valence-corrected chi connectivity index (χ2v) is 1.07. The summed E-state index contributed by atoms with van der Waals surface area (Å²) in [6, 6.07) is 0. The summed E-state index contributed by atoms with van der Waals surface area (Å²) in [7, 11) is 1.00. The predicted molar refractivity (Wildman–Crippen MR) is 29.2 cm³/mol. The van der Waals surface area contributed by atoms with Gasteiger partial charge in [-0.2, -0.15) is 0 Å². The van der Waals surface area contributed by atoms with Gasteiger partial charge < -0.3 is 5.11 Å². The lowest BCUT2D eigenvalue weighted by atomic mass is 10.6. The Bertz CT molecular complexity index is 9.51. The molecule has 6 heavy (non-hydrogen) atoms. The normalized spacial score (nSPS) is 6.00. The van der Waals surface area contributed by atoms with Crippen molar-refractivity contribution in [3.63, 3.8) is 0 Å². The van der Waals surface area contributed by atoms with Crippen LogP contribution >= 0.6 is 11.6 Å². The highest BCUT2D eigenvalue weighted by molar-refractivity contribution is 6.17. The van der Waals surface area contributed by atoms with Crippen LogP contribution in [0.25, 0.3) is 0 Å². The quantitative estimate of drug-likeness (QED) is 0.504. The number of halogens is 1. The minimum atomic E-state index is 0.792. The maximum atomic E-state index is 7.00. The van der Waals surface area contributed by atoms with E-state index in [2.05, 4.69) is 0 Å². The summed E-state index contributed by atoms with van der Waals surface area (Å²) >= 11 is 5.19. The van der Waals surface area contributed by atoms with Gasteiger partial charge in [-0.15, -0.1) is 11.6 Å². The number of alkyl halides is 1. The van der Waals surface area contributed by atoms with E-state index in [4.69, 9.17) is 16.7 Å². The molecule has 0 radical (unpaired) electrons. The van der Waals surface area contributed by atoms with Crippen molar-refractivity contribution in [1.29, 1.82) is 0 Å². The zero-order chi connectivity index (χ0) is 5.41. The third kappa shape index (κ3) is 28.7. The maximum absolute atomic E-state index is 7.00. The van der Waals surface area contributed by atoms with Crippen molar-refractivity contribution in [2.45, 2.75) is 13.3 Å². The Kier molecular flexibility index (Phi) is 29.8. The van der Waals surface area contributed by atoms with Crippen LogP contribution in [0, 0.1) is 0 Å². The Morgan fingerprint density at radius 1 is 1.50 bits per heavy atom. The SMILES string of the molecule is CCCCl.CO. The van der Waals surface area contributed by atoms with Crippen molar-refractivity contribution < 1.29 is 5.11 Å². The highest BCUT2D eigenvalue weighted by Crippen LogP contribution is 1.75. The van der Waals surface area contributed by atoms with Gasteiger partial charge in [0.2, 0.25) is 0 Å². The molecule has 0 unspecified atom stereocenters. The van der Waals surface area contributed by atoms with E-state index in [1.54, 1.807) is 0 Å². The Hall–Kier alpha value is 0.250. The first-order chi connectivity index (χ1) is 2.91. The summed E-state index contributed by atoms with van der Waals surface area (Å²) in [5.41, 5.74) is 0. The number of aliphatic hydroxyl groups is 1. The van der Waals surface area contributed by atoms with Gasteiger partial charge in [0, 0.05) is 13.0 Å². The summed E-state index contributed by atoms with van der Waals surface area (Å²) in [4.78, 5) is 0. The standard InChI is InChI=1S/C3H7Cl.CH4O/c1-2-3-4;1-2/h2-3H2,1H3;2H,1H3. The smallest absolute Gasteiger partial charge is 0.0319 e. The van der Waals surface area contributed by atoms with E-state index in [1.165, 1.54) is 0 Å². The highest BCUT2D eigenvalue weighted by Gasteiger charge is 1.59. The molecule has 1 N–H and O–H groups in total. The fourth-order valence-corrected chi connectivity index (χ4v) is 0. The summed E-state index contributed by atoms with van der Waals surface area (Å²) in [5, 5.41) is 7.00. The van der Waals surface area contributed by atoms with Crippen LogP contribution in [0.1, 0.15) is 13.3 Å². The van der Waals surface area contributed by atoms with Crippen molar-refractivity contribution >= 4 is 11.6 Å². The van der Waals surface area contributed by atoms with Gasteiger partial charge in [0.1, 0.15) is 0 Å². The summed E-state index contributed by atoms with van der Waals surface area (Å²) < 4.78 is 0. The highest BCUT2D eigenvalue weighted by atomic mass is 35.5. The van der Waals surface area contributed by atoms with Crippen molar-refractivity contribution in [1.82, 2.24) is 0 Å². The van der Waals surface area contributed by atoms with Crippen LogP contribution in [0.2, 0.25) is 0 Å². The lowest BCUT2D eigenvalue weighted by molar-refractivity contribution is 0.399. The zero-order valence-corrected chi connectivity index (χ0v) is 5.00. The Balaban J connectivity index is 0. The van der Waals surface area contributed by atoms with Crippen molar-refractivity contribution in [2.75, 3.05) is 13.0 Å². The molecule has 0 aromatic heterocycles. The molecule has 0 aliphatic heterocycles. The largest absolute Gasteiger partial charge is 0.400 e. The van der Waals surface area contributed by atoms with Gasteiger partial charge in [-0.05, 0) is 6.42 Å². The third-order valence-electron chi connectivity index (χ3n) is 0.189. The lowest BCUT2D eigenvalue weighted by Crippen LogP contribution is -1.55. The maximum Gasteiger partial charge on any atom is 0.0319 e. The van der Waals surface area contributed by atoms with Crippen molar-refractivity contribution in [3.8, 4) is 0 Å². The summed E-state index contributed by atoms with van der Waals surface area (Å²) in [6.07, 6.45) is 1.08. The second kappa shape index (κ2) is 18.7. The molecule has 0 aromatic carbocycles. The van der Waals surface area contributed by atoms with Crippen LogP contribution in [0.4, 0.5) is 0 Å². The fourth-order valence-electron chi connectivity index (χ4n) is 0. The Labute approximate surface area is 43.9 Å². The molecule has 0 bridgehead atoms. The number of rotatable bonds is 1. The van der Waals surface area contributed by atoms with Crippen LogP contribution in [0.15, 0.2) is 0 Å². The Morgan fingerprint density at radius 3 is 1.67 bits per heavy atom. The minimum Gasteiger partial charge on any atom is -0.400 e. The molecule has 0 aromatic rings. The van der Waals surface area contributed by atoms with Gasteiger partial charge in [-0.1, -0.05) is 6.92 Å². The second-order valence-electron chi connectivity index (χ2n) is 0.689. The van der Waals surface area contributed by atoms with E-state index in [0.29, 0.717) is 0 Å². The first-order valence-corrected chi connectivity index (χ1v) is 2.46. The minimum absolute atomic E-state index is 0.792. The first kappa shape index (κ1) is 9.54. The van der Waals surface area contributed by atoms with E-state index < -0.39 is 0 Å². The average Bonchev–Trinajstić information content (AvgIpc) is 1.72. The molecular formula is C4H11ClO. The van der Waals surface area contributed by atoms with E-state index in [1.807, 2.05) is 6.92 Å². The monoisotopic (exact) mass is 110 g/mol. The molecule has 0 aliphatic carbocycles. The molecule has 0 aliphatic rings. The van der Waals surface area contributed by atoms with Crippen LogP contribution in [-0.4, -0.2) is 18.1 Å². The van der Waals surface area contributed by atoms with Gasteiger partial charge in [0.15, 0.2) is 0 Å². The third-order valence-corrected chi connectivity index (χ3v) is 0.567. The van der Waals surface area contributed by atoms with E-state index >= 15 is 0 Å². The Morgan fingerprint density at radius 2 is 1.67 bits per heavy atom. The van der Waals surface area contributed by atoms with E-state index in [-0.39, 0.29) is 0 Å². The van der Waals surface area contributed by atoms with Crippen molar-refractivity contribution in [3.05, 3.63) is 0 Å². The molecule has 1 nitrogen and oxygen atoms in total. The molecule has 0 heterocycles. The zero-order valence-electron chi connectivity index (χ0n) is 4.24. The molecule has 0 amide bonds. The van der Waals surface area contributed by atoms with Crippen LogP contribution in [-0.2, 0) is 0 Å². The van der Waals surface area contributed by atoms with Crippen LogP contribution in [0.3, 0.4) is 0 Å². The number of hydrogen-bond acceptors (Lipinski definition) is 1. The molecule has 0 fully saturated rings. The van der Waals surface area contributed by atoms with Gasteiger partial charge >= 0.3 is 0 Å². The molecule has 0 saturated carbocycles. The van der Waals surface area contributed by atoms with Crippen molar-refractivity contribution in [2.24, 2.45) is 0 Å². The average molecular weight is 111 g/mol. The van der Waals surface area contributed by atoms with E-state index in [9.17, 15) is 0 Å². The molecule has 0 spiro atoms. The predicted octanol–water partition coefficient (Wildman–Crippen LogP) is 1.24. The van der Waals surface area contributed by atoms with Gasteiger partial charge in [0.25, 0.3) is 0 Å². The number of hydrogen-bond donors (Lipinski definition) is 1. The van der Waals surface area contributed by atoms with Crippen LogP contribution in [0.5, 0.6) is 0 Å². The number of aliphatic hydroxyl groups excluding tert-OH is 1. The fraction of sp³-hybridized carbons (Fsp3) is 1.00. The topological polar surface area (TPSA) is 20.2 Å². The molecule has 0 atom stereocenters. The molecular weight excluding hydrogens is 99.5 g/mol. The molecule has 40 valence electrons. The molecule has 0 rings (SSSR count). The van der Waals surface area contributed by atoms with E-state index in [0.717, 1.165) is 19.4 Å². The van der Waals surface area contributed by atoms with Gasteiger partial charge in [0.05, 0.1) is 0 Å². The summed E-state index contributed by atoms with van der Waals surface area (Å²) in [6.45, 7) is 2.05. The van der Waals surface area contributed by atoms with Gasteiger partial charge in [-0.25, -0.2) is 0 Å². The molecule has 2 heteroatoms.